The van der Waals surface area contributed by atoms with Gasteiger partial charge in [-0.3, -0.25) is 9.59 Å². The summed E-state index contributed by atoms with van der Waals surface area (Å²) in [7, 11) is 0. The standard InChI is InChI=1S/C39H47N3O7S/c1-3-14-33(24-36(44)42(22-23-43)25-30-16-8-5-9-17-30)37(45)40-34(29-50-28-32-20-12-7-13-21-32)27-48-38(46)35(15-4-2)41-39(47)49-26-31-18-10-6-11-19-31/h3-13,16-21,33-35,43H,1-2,14-15,22-29H2,(H,40,45)(H,41,47)/t33-,34-,35-/m1/s1. The Morgan fingerprint density at radius 3 is 2.00 bits per heavy atom. The van der Waals surface area contributed by atoms with Crippen LogP contribution in [0, 0.1) is 5.92 Å². The number of benzene rings is 3. The molecule has 0 saturated carbocycles. The highest BCUT2D eigenvalue weighted by Crippen LogP contribution is 2.17. The minimum atomic E-state index is -1.04. The second-order valence-corrected chi connectivity index (χ2v) is 12.6. The first-order valence-electron chi connectivity index (χ1n) is 16.5. The number of thioether (sulfide) groups is 1. The van der Waals surface area contributed by atoms with Crippen LogP contribution in [0.5, 0.6) is 0 Å². The minimum Gasteiger partial charge on any atom is -0.462 e. The number of ether oxygens (including phenoxy) is 2. The fourth-order valence-corrected chi connectivity index (χ4v) is 5.97. The molecule has 0 unspecified atom stereocenters. The third-order valence-corrected chi connectivity index (χ3v) is 8.75. The number of aliphatic hydroxyl groups is 1. The van der Waals surface area contributed by atoms with Gasteiger partial charge in [0.1, 0.15) is 19.3 Å². The predicted octanol–water partition coefficient (Wildman–Crippen LogP) is 5.42. The molecule has 0 bridgehead atoms. The van der Waals surface area contributed by atoms with Gasteiger partial charge in [0.15, 0.2) is 0 Å². The zero-order valence-electron chi connectivity index (χ0n) is 28.3. The van der Waals surface area contributed by atoms with Crippen molar-refractivity contribution in [3.05, 3.63) is 133 Å². The second-order valence-electron chi connectivity index (χ2n) is 11.6. The summed E-state index contributed by atoms with van der Waals surface area (Å²) in [6.45, 7) is 7.55. The summed E-state index contributed by atoms with van der Waals surface area (Å²) in [5.41, 5.74) is 2.80. The first-order valence-corrected chi connectivity index (χ1v) is 17.7. The monoisotopic (exact) mass is 701 g/mol. The average Bonchev–Trinajstić information content (AvgIpc) is 3.13. The van der Waals surface area contributed by atoms with Gasteiger partial charge in [-0.05, 0) is 29.5 Å². The second kappa shape index (κ2) is 22.7. The van der Waals surface area contributed by atoms with Gasteiger partial charge in [-0.1, -0.05) is 103 Å². The summed E-state index contributed by atoms with van der Waals surface area (Å²) >= 11 is 1.56. The van der Waals surface area contributed by atoms with Crippen molar-refractivity contribution < 1.29 is 33.8 Å². The lowest BCUT2D eigenvalue weighted by Crippen LogP contribution is -2.47. The maximum Gasteiger partial charge on any atom is 0.408 e. The molecule has 0 heterocycles. The number of alkyl carbamates (subject to hydrolysis) is 1. The molecular weight excluding hydrogens is 655 g/mol. The van der Waals surface area contributed by atoms with Crippen molar-refractivity contribution in [2.45, 2.75) is 50.3 Å². The van der Waals surface area contributed by atoms with Gasteiger partial charge in [-0.25, -0.2) is 9.59 Å². The molecule has 3 N–H and O–H groups in total. The number of hydrogen-bond acceptors (Lipinski definition) is 8. The summed E-state index contributed by atoms with van der Waals surface area (Å²) < 4.78 is 10.9. The van der Waals surface area contributed by atoms with E-state index in [1.807, 2.05) is 91.0 Å². The van der Waals surface area contributed by atoms with Crippen LogP contribution >= 0.6 is 11.8 Å². The van der Waals surface area contributed by atoms with E-state index in [2.05, 4.69) is 23.8 Å². The smallest absolute Gasteiger partial charge is 0.408 e. The van der Waals surface area contributed by atoms with Crippen LogP contribution in [0.15, 0.2) is 116 Å². The van der Waals surface area contributed by atoms with Crippen LogP contribution < -0.4 is 10.6 Å². The van der Waals surface area contributed by atoms with Crippen molar-refractivity contribution in [2.24, 2.45) is 5.92 Å². The third kappa shape index (κ3) is 14.7. The van der Waals surface area contributed by atoms with E-state index in [9.17, 15) is 24.3 Å². The molecular formula is C39H47N3O7S. The van der Waals surface area contributed by atoms with Crippen LogP contribution in [-0.2, 0) is 42.8 Å². The molecule has 3 rings (SSSR count). The molecule has 3 aromatic rings. The number of rotatable bonds is 22. The lowest BCUT2D eigenvalue weighted by Gasteiger charge is -2.26. The molecule has 0 fully saturated rings. The van der Waals surface area contributed by atoms with Crippen molar-refractivity contribution >= 4 is 35.6 Å². The van der Waals surface area contributed by atoms with Gasteiger partial charge in [0, 0.05) is 31.0 Å². The average molecular weight is 702 g/mol. The quantitative estimate of drug-likeness (QED) is 0.0935. The van der Waals surface area contributed by atoms with Gasteiger partial charge in [0.05, 0.1) is 18.6 Å². The van der Waals surface area contributed by atoms with Crippen molar-refractivity contribution in [1.82, 2.24) is 15.5 Å². The molecule has 10 nitrogen and oxygen atoms in total. The molecule has 0 aromatic heterocycles. The molecule has 0 saturated heterocycles. The largest absolute Gasteiger partial charge is 0.462 e. The van der Waals surface area contributed by atoms with Gasteiger partial charge in [0.2, 0.25) is 11.8 Å². The molecule has 0 spiro atoms. The number of carbonyl (C=O) groups is 4. The van der Waals surface area contributed by atoms with E-state index < -0.39 is 30.1 Å². The minimum absolute atomic E-state index is 0.0354. The summed E-state index contributed by atoms with van der Waals surface area (Å²) in [6, 6.07) is 26.8. The highest BCUT2D eigenvalue weighted by Gasteiger charge is 2.28. The zero-order chi connectivity index (χ0) is 36.0. The maximum atomic E-state index is 13.7. The van der Waals surface area contributed by atoms with Gasteiger partial charge < -0.3 is 30.1 Å². The normalized spacial score (nSPS) is 12.4. The van der Waals surface area contributed by atoms with Gasteiger partial charge in [0.25, 0.3) is 0 Å². The Balaban J connectivity index is 1.65. The van der Waals surface area contributed by atoms with Crippen LogP contribution in [0.3, 0.4) is 0 Å². The first kappa shape index (κ1) is 39.6. The number of allylic oxidation sites excluding steroid dienone is 1. The van der Waals surface area contributed by atoms with E-state index in [1.165, 1.54) is 11.0 Å². The van der Waals surface area contributed by atoms with E-state index in [0.29, 0.717) is 18.1 Å². The molecule has 0 aliphatic carbocycles. The summed E-state index contributed by atoms with van der Waals surface area (Å²) in [4.78, 5) is 54.2. The Bertz CT molecular complexity index is 1490. The number of nitrogens with zero attached hydrogens (tertiary/aromatic N) is 1. The Morgan fingerprint density at radius 1 is 0.800 bits per heavy atom. The Morgan fingerprint density at radius 2 is 1.40 bits per heavy atom. The number of aliphatic hydroxyl groups excluding tert-OH is 1. The molecule has 0 aliphatic heterocycles. The lowest BCUT2D eigenvalue weighted by atomic mass is 9.98. The molecule has 3 atom stereocenters. The van der Waals surface area contributed by atoms with Gasteiger partial charge >= 0.3 is 12.1 Å². The number of esters is 1. The highest BCUT2D eigenvalue weighted by molar-refractivity contribution is 7.98. The maximum absolute atomic E-state index is 13.7. The van der Waals surface area contributed by atoms with Crippen molar-refractivity contribution in [3.8, 4) is 0 Å². The molecule has 0 radical (unpaired) electrons. The Hall–Kier alpha value is -4.87. The molecule has 50 heavy (non-hydrogen) atoms. The third-order valence-electron chi connectivity index (χ3n) is 7.58. The summed E-state index contributed by atoms with van der Waals surface area (Å²) in [5.74, 6) is -1.01. The van der Waals surface area contributed by atoms with E-state index in [4.69, 9.17) is 9.47 Å². The zero-order valence-corrected chi connectivity index (χ0v) is 29.1. The molecule has 3 amide bonds. The Kier molecular flexibility index (Phi) is 18.0. The van der Waals surface area contributed by atoms with E-state index >= 15 is 0 Å². The fraction of sp³-hybridized carbons (Fsp3) is 0.333. The van der Waals surface area contributed by atoms with Crippen molar-refractivity contribution in [1.29, 1.82) is 0 Å². The number of hydrogen-bond donors (Lipinski definition) is 3. The van der Waals surface area contributed by atoms with Crippen LogP contribution in [-0.4, -0.2) is 71.5 Å². The highest BCUT2D eigenvalue weighted by atomic mass is 32.2. The van der Waals surface area contributed by atoms with Crippen LogP contribution in [0.1, 0.15) is 36.0 Å². The van der Waals surface area contributed by atoms with E-state index in [1.54, 1.807) is 17.8 Å². The van der Waals surface area contributed by atoms with E-state index in [-0.39, 0.29) is 57.4 Å². The summed E-state index contributed by atoms with van der Waals surface area (Å²) in [5, 5.41) is 15.1. The fourth-order valence-electron chi connectivity index (χ4n) is 4.96. The Labute approximate surface area is 298 Å². The van der Waals surface area contributed by atoms with Crippen LogP contribution in [0.2, 0.25) is 0 Å². The first-order chi connectivity index (χ1) is 24.3. The van der Waals surface area contributed by atoms with Crippen molar-refractivity contribution in [2.75, 3.05) is 25.5 Å². The number of carbonyl (C=O) groups excluding carboxylic acids is 4. The molecule has 0 aliphatic rings. The predicted molar refractivity (Wildman–Crippen MR) is 196 cm³/mol. The lowest BCUT2D eigenvalue weighted by molar-refractivity contribution is -0.147. The van der Waals surface area contributed by atoms with Gasteiger partial charge in [-0.2, -0.15) is 11.8 Å². The van der Waals surface area contributed by atoms with Crippen LogP contribution in [0.25, 0.3) is 0 Å². The van der Waals surface area contributed by atoms with Crippen LogP contribution in [0.4, 0.5) is 4.79 Å². The molecule has 11 heteroatoms. The molecule has 3 aromatic carbocycles. The number of nitrogens with one attached hydrogen (secondary N) is 2. The van der Waals surface area contributed by atoms with E-state index in [0.717, 1.165) is 16.7 Å². The van der Waals surface area contributed by atoms with Gasteiger partial charge in [-0.15, -0.1) is 13.2 Å². The topological polar surface area (TPSA) is 134 Å². The SMILES string of the molecule is C=CC[C@H](CC(=O)N(CCO)Cc1ccccc1)C(=O)N[C@H](COC(=O)[C@@H](CC=C)NC(=O)OCc1ccccc1)CSCc1ccccc1. The van der Waals surface area contributed by atoms with Crippen molar-refractivity contribution in [3.63, 3.8) is 0 Å². The summed E-state index contributed by atoms with van der Waals surface area (Å²) in [6.07, 6.45) is 2.57. The molecule has 266 valence electrons. The number of amides is 3.